The second-order valence-corrected chi connectivity index (χ2v) is 5.80. The zero-order valence-corrected chi connectivity index (χ0v) is 10.6. The minimum absolute atomic E-state index is 0. The van der Waals surface area contributed by atoms with Gasteiger partial charge in [-0.3, -0.25) is 10.1 Å². The molecule has 2 rings (SSSR count). The van der Waals surface area contributed by atoms with Crippen LogP contribution in [0.3, 0.4) is 0 Å². The lowest BCUT2D eigenvalue weighted by Gasteiger charge is -2.06. The van der Waals surface area contributed by atoms with Crippen molar-refractivity contribution in [1.29, 1.82) is 0 Å². The van der Waals surface area contributed by atoms with Crippen molar-refractivity contribution in [1.82, 2.24) is 5.32 Å². The Morgan fingerprint density at radius 3 is 2.65 bits per heavy atom. The van der Waals surface area contributed by atoms with Gasteiger partial charge in [0.15, 0.2) is 9.84 Å². The number of hydrogen-bond donors (Lipinski definition) is 2. The van der Waals surface area contributed by atoms with Crippen LogP contribution in [0.1, 0.15) is 17.2 Å². The number of rotatable bonds is 2. The zero-order chi connectivity index (χ0) is 11.9. The molecule has 0 fully saturated rings. The molecule has 17 heavy (non-hydrogen) atoms. The molecular weight excluding hydrogens is 266 g/mol. The van der Waals surface area contributed by atoms with Crippen LogP contribution < -0.4 is 5.32 Å². The van der Waals surface area contributed by atoms with Gasteiger partial charge in [-0.15, -0.1) is 12.4 Å². The van der Waals surface area contributed by atoms with E-state index < -0.39 is 21.8 Å². The molecule has 0 bridgehead atoms. The summed E-state index contributed by atoms with van der Waals surface area (Å²) < 4.78 is 22.6. The largest absolute Gasteiger partial charge is 0.480 e. The standard InChI is InChI=1S/C10H11NO4S.ClH/c1-16(14,15)7-2-3-8-6(4-7)5-11-9(8)10(12)13;/h2-4,9,11H,5H2,1H3,(H,12,13);1H/t9-;/m1./s1. The highest BCUT2D eigenvalue weighted by molar-refractivity contribution is 7.90. The van der Waals surface area contributed by atoms with Gasteiger partial charge in [0.2, 0.25) is 0 Å². The number of hydrogen-bond acceptors (Lipinski definition) is 4. The Morgan fingerprint density at radius 1 is 1.47 bits per heavy atom. The third-order valence-electron chi connectivity index (χ3n) is 2.60. The summed E-state index contributed by atoms with van der Waals surface area (Å²) in [6.07, 6.45) is 1.13. The van der Waals surface area contributed by atoms with E-state index in [0.717, 1.165) is 11.8 Å². The lowest BCUT2D eigenvalue weighted by molar-refractivity contribution is -0.139. The third kappa shape index (κ3) is 2.59. The van der Waals surface area contributed by atoms with Gasteiger partial charge in [-0.05, 0) is 23.3 Å². The molecule has 0 amide bonds. The minimum atomic E-state index is -3.24. The molecule has 94 valence electrons. The lowest BCUT2D eigenvalue weighted by atomic mass is 10.1. The summed E-state index contributed by atoms with van der Waals surface area (Å²) >= 11 is 0. The molecule has 1 aromatic rings. The Balaban J connectivity index is 0.00000144. The van der Waals surface area contributed by atoms with E-state index in [1.54, 1.807) is 6.07 Å². The first-order valence-corrected chi connectivity index (χ1v) is 6.58. The van der Waals surface area contributed by atoms with E-state index >= 15 is 0 Å². The molecule has 5 nitrogen and oxygen atoms in total. The number of halogens is 1. The average Bonchev–Trinajstić information content (AvgIpc) is 2.58. The first-order chi connectivity index (χ1) is 7.39. The summed E-state index contributed by atoms with van der Waals surface area (Å²) in [4.78, 5) is 11.1. The van der Waals surface area contributed by atoms with Crippen LogP contribution in [0.2, 0.25) is 0 Å². The Bertz CT molecular complexity index is 555. The maximum atomic E-state index is 11.3. The van der Waals surface area contributed by atoms with Crippen LogP contribution in [-0.2, 0) is 21.2 Å². The molecule has 1 atom stereocenters. The third-order valence-corrected chi connectivity index (χ3v) is 3.71. The number of nitrogens with one attached hydrogen (secondary N) is 1. The quantitative estimate of drug-likeness (QED) is 0.833. The predicted octanol–water partition coefficient (Wildman–Crippen LogP) is 0.741. The van der Waals surface area contributed by atoms with E-state index in [-0.39, 0.29) is 17.3 Å². The highest BCUT2D eigenvalue weighted by Crippen LogP contribution is 2.27. The van der Waals surface area contributed by atoms with Crippen LogP contribution in [0.15, 0.2) is 23.1 Å². The summed E-state index contributed by atoms with van der Waals surface area (Å²) in [5, 5.41) is 11.7. The van der Waals surface area contributed by atoms with E-state index in [4.69, 9.17) is 5.11 Å². The number of aliphatic carboxylic acids is 1. The summed E-state index contributed by atoms with van der Waals surface area (Å²) in [6.45, 7) is 0.385. The fourth-order valence-electron chi connectivity index (χ4n) is 1.79. The van der Waals surface area contributed by atoms with Gasteiger partial charge in [0, 0.05) is 12.8 Å². The number of carbonyl (C=O) groups is 1. The SMILES string of the molecule is CS(=O)(=O)c1ccc2c(c1)CN[C@H]2C(=O)O.Cl. The van der Waals surface area contributed by atoms with Crippen LogP contribution in [-0.4, -0.2) is 25.7 Å². The van der Waals surface area contributed by atoms with Crippen molar-refractivity contribution in [3.8, 4) is 0 Å². The molecular formula is C10H12ClNO4S. The zero-order valence-electron chi connectivity index (χ0n) is 9.00. The van der Waals surface area contributed by atoms with Gasteiger partial charge in [0.1, 0.15) is 6.04 Å². The first kappa shape index (κ1) is 14.0. The lowest BCUT2D eigenvalue weighted by Crippen LogP contribution is -2.21. The van der Waals surface area contributed by atoms with Crippen molar-refractivity contribution in [2.24, 2.45) is 0 Å². The first-order valence-electron chi connectivity index (χ1n) is 4.68. The number of benzene rings is 1. The summed E-state index contributed by atoms with van der Waals surface area (Å²) in [7, 11) is -3.24. The minimum Gasteiger partial charge on any atom is -0.480 e. The molecule has 2 N–H and O–H groups in total. The summed E-state index contributed by atoms with van der Waals surface area (Å²) in [5.41, 5.74) is 1.37. The van der Waals surface area contributed by atoms with E-state index in [0.29, 0.717) is 12.1 Å². The van der Waals surface area contributed by atoms with Crippen molar-refractivity contribution in [3.05, 3.63) is 29.3 Å². The number of fused-ring (bicyclic) bond motifs is 1. The molecule has 1 heterocycles. The van der Waals surface area contributed by atoms with Crippen molar-refractivity contribution in [3.63, 3.8) is 0 Å². The van der Waals surface area contributed by atoms with Crippen LogP contribution in [0.5, 0.6) is 0 Å². The molecule has 0 radical (unpaired) electrons. The Kier molecular flexibility index (Phi) is 3.81. The molecule has 1 aliphatic heterocycles. The normalized spacial score (nSPS) is 18.3. The summed E-state index contributed by atoms with van der Waals surface area (Å²) in [6, 6.07) is 3.80. The molecule has 0 saturated carbocycles. The molecule has 0 saturated heterocycles. The van der Waals surface area contributed by atoms with Gasteiger partial charge in [-0.1, -0.05) is 6.07 Å². The Labute approximate surface area is 105 Å². The van der Waals surface area contributed by atoms with Crippen LogP contribution in [0.4, 0.5) is 0 Å². The molecule has 0 aliphatic carbocycles. The fraction of sp³-hybridized carbons (Fsp3) is 0.300. The number of sulfone groups is 1. The van der Waals surface area contributed by atoms with E-state index in [1.165, 1.54) is 12.1 Å². The van der Waals surface area contributed by atoms with Gasteiger partial charge < -0.3 is 5.11 Å². The second-order valence-electron chi connectivity index (χ2n) is 3.78. The number of carboxylic acid groups (broad SMARTS) is 1. The Morgan fingerprint density at radius 2 is 2.12 bits per heavy atom. The number of carboxylic acids is 1. The van der Waals surface area contributed by atoms with Gasteiger partial charge >= 0.3 is 5.97 Å². The second kappa shape index (κ2) is 4.64. The average molecular weight is 278 g/mol. The molecule has 0 spiro atoms. The van der Waals surface area contributed by atoms with Crippen molar-refractivity contribution in [2.75, 3.05) is 6.26 Å². The van der Waals surface area contributed by atoms with E-state index in [2.05, 4.69) is 5.32 Å². The van der Waals surface area contributed by atoms with Gasteiger partial charge in [0.05, 0.1) is 4.90 Å². The maximum absolute atomic E-state index is 11.3. The molecule has 7 heteroatoms. The van der Waals surface area contributed by atoms with Crippen molar-refractivity contribution in [2.45, 2.75) is 17.5 Å². The molecule has 0 unspecified atom stereocenters. The van der Waals surface area contributed by atoms with E-state index in [9.17, 15) is 13.2 Å². The predicted molar refractivity (Wildman–Crippen MR) is 64.0 cm³/mol. The van der Waals surface area contributed by atoms with Gasteiger partial charge in [-0.25, -0.2) is 8.42 Å². The molecule has 0 aromatic heterocycles. The van der Waals surface area contributed by atoms with Crippen molar-refractivity contribution >= 4 is 28.2 Å². The highest BCUT2D eigenvalue weighted by Gasteiger charge is 2.28. The van der Waals surface area contributed by atoms with Crippen molar-refractivity contribution < 1.29 is 18.3 Å². The topological polar surface area (TPSA) is 83.5 Å². The highest BCUT2D eigenvalue weighted by atomic mass is 35.5. The van der Waals surface area contributed by atoms with Gasteiger partial charge in [-0.2, -0.15) is 0 Å². The monoisotopic (exact) mass is 277 g/mol. The molecule has 1 aliphatic rings. The van der Waals surface area contributed by atoms with E-state index in [1.807, 2.05) is 0 Å². The smallest absolute Gasteiger partial charge is 0.325 e. The maximum Gasteiger partial charge on any atom is 0.325 e. The van der Waals surface area contributed by atoms with Crippen LogP contribution in [0, 0.1) is 0 Å². The summed E-state index contributed by atoms with van der Waals surface area (Å²) in [5.74, 6) is -0.953. The fourth-order valence-corrected chi connectivity index (χ4v) is 2.46. The van der Waals surface area contributed by atoms with Gasteiger partial charge in [0.25, 0.3) is 0 Å². The van der Waals surface area contributed by atoms with Crippen LogP contribution in [0.25, 0.3) is 0 Å². The van der Waals surface area contributed by atoms with Crippen LogP contribution >= 0.6 is 12.4 Å². The molecule has 1 aromatic carbocycles. The Hall–Kier alpha value is -1.11.